The monoisotopic (exact) mass is 252 g/mol. The van der Waals surface area contributed by atoms with Gasteiger partial charge in [-0.1, -0.05) is 34.7 Å². The zero-order chi connectivity index (χ0) is 10.2. The Morgan fingerprint density at radius 3 is 1.60 bits per heavy atom. The smallest absolute Gasteiger partial charge is 0.118 e. The zero-order valence-corrected chi connectivity index (χ0v) is 9.25. The molecule has 0 aromatic carbocycles. The number of rotatable bonds is 2. The van der Waals surface area contributed by atoms with Crippen LogP contribution in [0.3, 0.4) is 0 Å². The number of nitrogens with zero attached hydrogens (tertiary/aromatic N) is 2. The zero-order valence-electron chi connectivity index (χ0n) is 8.21. The van der Waals surface area contributed by atoms with Gasteiger partial charge in [0, 0.05) is 23.2 Å². The third-order valence-corrected chi connectivity index (χ3v) is 2.27. The first kappa shape index (κ1) is 14.2. The van der Waals surface area contributed by atoms with Crippen molar-refractivity contribution in [2.75, 3.05) is 0 Å². The normalized spacial score (nSPS) is 26.4. The predicted octanol–water partition coefficient (Wildman–Crippen LogP) is 2.75. The quantitative estimate of drug-likeness (QED) is 0.709. The molecule has 0 amide bonds. The molecule has 2 aliphatic rings. The SMILES string of the molecule is O=N[C@H]1CCC[C@H]1N=O.[CH]1C=CC=C1.[Co]. The largest absolute Gasteiger partial charge is 0.150 e. The molecule has 15 heavy (non-hydrogen) atoms. The molecule has 1 saturated carbocycles. The molecule has 0 spiro atoms. The fraction of sp³-hybridized carbons (Fsp3) is 0.500. The second kappa shape index (κ2) is 8.49. The number of nitroso groups, excluding NO2 is 2. The van der Waals surface area contributed by atoms with Gasteiger partial charge in [-0.05, 0) is 19.3 Å². The molecule has 0 aromatic rings. The van der Waals surface area contributed by atoms with E-state index in [-0.39, 0.29) is 28.9 Å². The van der Waals surface area contributed by atoms with Crippen molar-refractivity contribution in [2.24, 2.45) is 10.4 Å². The molecule has 0 aromatic heterocycles. The summed E-state index contributed by atoms with van der Waals surface area (Å²) in [6.07, 6.45) is 12.4. The van der Waals surface area contributed by atoms with Crippen LogP contribution < -0.4 is 0 Å². The Kier molecular flexibility index (Phi) is 8.03. The van der Waals surface area contributed by atoms with Gasteiger partial charge >= 0.3 is 0 Å². The molecule has 0 aliphatic heterocycles. The predicted molar refractivity (Wildman–Crippen MR) is 55.6 cm³/mol. The van der Waals surface area contributed by atoms with Gasteiger partial charge in [0.15, 0.2) is 0 Å². The van der Waals surface area contributed by atoms with E-state index in [1.165, 1.54) is 0 Å². The molecule has 5 heteroatoms. The van der Waals surface area contributed by atoms with E-state index in [4.69, 9.17) is 0 Å². The van der Waals surface area contributed by atoms with Gasteiger partial charge in [0.2, 0.25) is 0 Å². The maximum Gasteiger partial charge on any atom is 0.118 e. The molecule has 0 saturated heterocycles. The molecule has 0 N–H and O–H groups in total. The van der Waals surface area contributed by atoms with Gasteiger partial charge in [-0.15, -0.1) is 0 Å². The average Bonchev–Trinajstić information content (AvgIpc) is 2.91. The van der Waals surface area contributed by atoms with Crippen molar-refractivity contribution < 1.29 is 16.8 Å². The molecule has 2 aliphatic carbocycles. The summed E-state index contributed by atoms with van der Waals surface area (Å²) in [5.41, 5.74) is 0. The van der Waals surface area contributed by atoms with Crippen molar-refractivity contribution in [3.63, 3.8) is 0 Å². The van der Waals surface area contributed by atoms with Crippen molar-refractivity contribution in [3.05, 3.63) is 40.5 Å². The fourth-order valence-electron chi connectivity index (χ4n) is 1.49. The fourth-order valence-corrected chi connectivity index (χ4v) is 1.49. The average molecular weight is 252 g/mol. The Morgan fingerprint density at radius 1 is 0.867 bits per heavy atom. The Labute approximate surface area is 99.3 Å². The van der Waals surface area contributed by atoms with Gasteiger partial charge in [0.25, 0.3) is 0 Å². The van der Waals surface area contributed by atoms with Crippen molar-refractivity contribution in [3.8, 4) is 0 Å². The summed E-state index contributed by atoms with van der Waals surface area (Å²) in [5.74, 6) is 0. The van der Waals surface area contributed by atoms with E-state index in [0.29, 0.717) is 0 Å². The first-order chi connectivity index (χ1) is 6.88. The van der Waals surface area contributed by atoms with Gasteiger partial charge in [-0.25, -0.2) is 0 Å². The third-order valence-electron chi connectivity index (χ3n) is 2.27. The molecule has 0 bridgehead atoms. The molecule has 84 valence electrons. The van der Waals surface area contributed by atoms with E-state index in [9.17, 15) is 9.81 Å². The van der Waals surface area contributed by atoms with E-state index in [1.807, 2.05) is 30.7 Å². The first-order valence-electron chi connectivity index (χ1n) is 4.70. The van der Waals surface area contributed by atoms with Gasteiger partial charge in [0.1, 0.15) is 12.1 Å². The Balaban J connectivity index is 0.000000280. The van der Waals surface area contributed by atoms with Gasteiger partial charge in [0.05, 0.1) is 0 Å². The van der Waals surface area contributed by atoms with E-state index >= 15 is 0 Å². The molecular formula is C10H13CoN2O2. The number of hydrogen-bond acceptors (Lipinski definition) is 4. The van der Waals surface area contributed by atoms with Crippen LogP contribution in [0, 0.1) is 16.2 Å². The van der Waals surface area contributed by atoms with E-state index in [1.54, 1.807) is 0 Å². The topological polar surface area (TPSA) is 58.9 Å². The van der Waals surface area contributed by atoms with Crippen molar-refractivity contribution >= 4 is 0 Å². The van der Waals surface area contributed by atoms with Crippen LogP contribution in [0.2, 0.25) is 0 Å². The minimum atomic E-state index is -0.331. The maximum absolute atomic E-state index is 9.93. The molecule has 2 atom stereocenters. The van der Waals surface area contributed by atoms with Crippen LogP contribution in [-0.2, 0) is 16.8 Å². The van der Waals surface area contributed by atoms with Crippen LogP contribution in [-0.4, -0.2) is 12.1 Å². The second-order valence-corrected chi connectivity index (χ2v) is 3.24. The third kappa shape index (κ3) is 4.99. The summed E-state index contributed by atoms with van der Waals surface area (Å²) in [4.78, 5) is 19.9. The summed E-state index contributed by atoms with van der Waals surface area (Å²) in [5, 5.41) is 5.59. The minimum Gasteiger partial charge on any atom is -0.150 e. The standard InChI is InChI=1S/C5H8N2O2.C5H5.Co/c8-6-4-2-1-3-5(4)7-9;1-2-4-5-3-1;/h4-5H,1-3H2;1-5H;/t4-,5+;;. The Bertz CT molecular complexity index is 230. The summed E-state index contributed by atoms with van der Waals surface area (Å²) in [7, 11) is 0. The van der Waals surface area contributed by atoms with Crippen LogP contribution in [0.1, 0.15) is 19.3 Å². The van der Waals surface area contributed by atoms with Crippen LogP contribution in [0.5, 0.6) is 0 Å². The van der Waals surface area contributed by atoms with E-state index in [0.717, 1.165) is 19.3 Å². The van der Waals surface area contributed by atoms with E-state index < -0.39 is 0 Å². The van der Waals surface area contributed by atoms with Crippen molar-refractivity contribution in [1.29, 1.82) is 0 Å². The Morgan fingerprint density at radius 2 is 1.33 bits per heavy atom. The van der Waals surface area contributed by atoms with Gasteiger partial charge in [-0.3, -0.25) is 0 Å². The minimum absolute atomic E-state index is 0. The summed E-state index contributed by atoms with van der Waals surface area (Å²) >= 11 is 0. The van der Waals surface area contributed by atoms with Crippen molar-refractivity contribution in [1.82, 2.24) is 0 Å². The number of hydrogen-bond donors (Lipinski definition) is 0. The number of allylic oxidation sites excluding steroid dienone is 4. The van der Waals surface area contributed by atoms with Crippen LogP contribution in [0.4, 0.5) is 0 Å². The molecule has 4 nitrogen and oxygen atoms in total. The molecular weight excluding hydrogens is 239 g/mol. The molecule has 2 radical (unpaired) electrons. The second-order valence-electron chi connectivity index (χ2n) is 3.24. The summed E-state index contributed by atoms with van der Waals surface area (Å²) in [6, 6.07) is -0.662. The Hall–Kier alpha value is -0.814. The first-order valence-corrected chi connectivity index (χ1v) is 4.70. The molecule has 2 rings (SSSR count). The van der Waals surface area contributed by atoms with Crippen LogP contribution >= 0.6 is 0 Å². The molecule has 0 unspecified atom stereocenters. The van der Waals surface area contributed by atoms with Gasteiger partial charge in [-0.2, -0.15) is 9.81 Å². The van der Waals surface area contributed by atoms with E-state index in [2.05, 4.69) is 10.4 Å². The van der Waals surface area contributed by atoms with Gasteiger partial charge < -0.3 is 0 Å². The summed E-state index contributed by atoms with van der Waals surface area (Å²) in [6.45, 7) is 0. The van der Waals surface area contributed by atoms with Crippen LogP contribution in [0.15, 0.2) is 34.7 Å². The molecule has 1 fully saturated rings. The van der Waals surface area contributed by atoms with Crippen LogP contribution in [0.25, 0.3) is 0 Å². The van der Waals surface area contributed by atoms with Crippen molar-refractivity contribution in [2.45, 2.75) is 31.3 Å². The molecule has 0 heterocycles. The summed E-state index contributed by atoms with van der Waals surface area (Å²) < 4.78 is 0. The maximum atomic E-state index is 9.93.